The maximum Gasteiger partial charge on any atom is 0.256 e. The van der Waals surface area contributed by atoms with Crippen molar-refractivity contribution in [3.63, 3.8) is 0 Å². The van der Waals surface area contributed by atoms with Gasteiger partial charge in [0, 0.05) is 31.1 Å². The first kappa shape index (κ1) is 19.8. The molecule has 30 heavy (non-hydrogen) atoms. The molecule has 1 amide bonds. The van der Waals surface area contributed by atoms with Crippen molar-refractivity contribution in [2.24, 2.45) is 0 Å². The van der Waals surface area contributed by atoms with Crippen LogP contribution in [0.1, 0.15) is 22.0 Å². The van der Waals surface area contributed by atoms with Crippen molar-refractivity contribution in [1.82, 2.24) is 14.9 Å². The van der Waals surface area contributed by atoms with Crippen molar-refractivity contribution >= 4 is 5.91 Å². The van der Waals surface area contributed by atoms with Crippen molar-refractivity contribution in [2.45, 2.75) is 12.1 Å². The second kappa shape index (κ2) is 9.37. The van der Waals surface area contributed by atoms with E-state index in [4.69, 9.17) is 14.2 Å². The van der Waals surface area contributed by atoms with Gasteiger partial charge < -0.3 is 19.1 Å². The number of ether oxygens (including phenoxy) is 3. The van der Waals surface area contributed by atoms with Gasteiger partial charge in [0.15, 0.2) is 0 Å². The third-order valence-electron chi connectivity index (χ3n) is 4.98. The molecular formula is C23H23N3O4. The van der Waals surface area contributed by atoms with Gasteiger partial charge >= 0.3 is 0 Å². The number of hydrogen-bond donors (Lipinski definition) is 0. The number of rotatable bonds is 6. The van der Waals surface area contributed by atoms with Crippen LogP contribution in [0, 0.1) is 0 Å². The molecule has 1 aromatic carbocycles. The standard InChI is InChI=1S/C23H23N3O4/c1-28-20-11-10-18(15-25-20)23(27)26-13-14-29-19(16-30-21-9-5-6-12-24-21)22(26)17-7-3-2-4-8-17/h2-12,15,19,22H,13-14,16H2,1H3. The van der Waals surface area contributed by atoms with Crippen LogP contribution in [0.3, 0.4) is 0 Å². The molecular weight excluding hydrogens is 382 g/mol. The molecule has 0 saturated carbocycles. The van der Waals surface area contributed by atoms with Crippen LogP contribution in [-0.2, 0) is 4.74 Å². The van der Waals surface area contributed by atoms with Gasteiger partial charge in [-0.2, -0.15) is 0 Å². The van der Waals surface area contributed by atoms with E-state index in [-0.39, 0.29) is 24.7 Å². The second-order valence-electron chi connectivity index (χ2n) is 6.83. The fraction of sp³-hybridized carbons (Fsp3) is 0.261. The molecule has 0 spiro atoms. The summed E-state index contributed by atoms with van der Waals surface area (Å²) in [6, 6.07) is 18.5. The predicted molar refractivity (Wildman–Crippen MR) is 110 cm³/mol. The average Bonchev–Trinajstić information content (AvgIpc) is 2.83. The van der Waals surface area contributed by atoms with Gasteiger partial charge in [0.2, 0.25) is 11.8 Å². The Morgan fingerprint density at radius 1 is 1.07 bits per heavy atom. The van der Waals surface area contributed by atoms with Crippen molar-refractivity contribution < 1.29 is 19.0 Å². The SMILES string of the molecule is COc1ccc(C(=O)N2CCOC(COc3ccccn3)C2c2ccccc2)cn1. The number of methoxy groups -OCH3 is 1. The van der Waals surface area contributed by atoms with Crippen LogP contribution in [0.5, 0.6) is 11.8 Å². The van der Waals surface area contributed by atoms with Gasteiger partial charge in [0.1, 0.15) is 12.7 Å². The summed E-state index contributed by atoms with van der Waals surface area (Å²) in [4.78, 5) is 23.5. The maximum atomic E-state index is 13.3. The van der Waals surface area contributed by atoms with E-state index >= 15 is 0 Å². The molecule has 3 heterocycles. The lowest BCUT2D eigenvalue weighted by atomic mass is 9.97. The van der Waals surface area contributed by atoms with Crippen molar-refractivity contribution in [3.05, 3.63) is 84.2 Å². The zero-order chi connectivity index (χ0) is 20.8. The summed E-state index contributed by atoms with van der Waals surface area (Å²) in [5.74, 6) is 0.885. The summed E-state index contributed by atoms with van der Waals surface area (Å²) in [6.07, 6.45) is 2.88. The fourth-order valence-electron chi connectivity index (χ4n) is 3.54. The van der Waals surface area contributed by atoms with E-state index < -0.39 is 0 Å². The number of amides is 1. The predicted octanol–water partition coefficient (Wildman–Crippen LogP) is 3.15. The Hall–Kier alpha value is -3.45. The molecule has 2 atom stereocenters. The minimum atomic E-state index is -0.335. The topological polar surface area (TPSA) is 73.8 Å². The van der Waals surface area contributed by atoms with Crippen LogP contribution >= 0.6 is 0 Å². The lowest BCUT2D eigenvalue weighted by Gasteiger charge is -2.41. The fourth-order valence-corrected chi connectivity index (χ4v) is 3.54. The molecule has 0 radical (unpaired) electrons. The van der Waals surface area contributed by atoms with E-state index in [0.29, 0.717) is 30.5 Å². The quantitative estimate of drug-likeness (QED) is 0.627. The molecule has 2 aromatic heterocycles. The molecule has 2 unspecified atom stereocenters. The number of benzene rings is 1. The van der Waals surface area contributed by atoms with Crippen molar-refractivity contribution in [1.29, 1.82) is 0 Å². The molecule has 1 saturated heterocycles. The number of pyridine rings is 2. The van der Waals surface area contributed by atoms with E-state index in [9.17, 15) is 4.79 Å². The maximum absolute atomic E-state index is 13.3. The van der Waals surface area contributed by atoms with Crippen molar-refractivity contribution in [3.8, 4) is 11.8 Å². The van der Waals surface area contributed by atoms with Gasteiger partial charge in [-0.25, -0.2) is 9.97 Å². The molecule has 4 rings (SSSR count). The molecule has 0 aliphatic carbocycles. The first-order chi connectivity index (χ1) is 14.8. The van der Waals surface area contributed by atoms with E-state index in [0.717, 1.165) is 5.56 Å². The molecule has 1 aliphatic rings. The largest absolute Gasteiger partial charge is 0.481 e. The van der Waals surface area contributed by atoms with Crippen LogP contribution in [-0.4, -0.2) is 53.7 Å². The smallest absolute Gasteiger partial charge is 0.256 e. The second-order valence-corrected chi connectivity index (χ2v) is 6.83. The lowest BCUT2D eigenvalue weighted by molar-refractivity contribution is -0.0774. The summed E-state index contributed by atoms with van der Waals surface area (Å²) in [5.41, 5.74) is 1.49. The summed E-state index contributed by atoms with van der Waals surface area (Å²) < 4.78 is 17.0. The zero-order valence-electron chi connectivity index (χ0n) is 16.7. The Morgan fingerprint density at radius 2 is 1.90 bits per heavy atom. The number of nitrogens with zero attached hydrogens (tertiary/aromatic N) is 3. The Bertz CT molecular complexity index is 951. The minimum absolute atomic E-state index is 0.106. The van der Waals surface area contributed by atoms with Crippen LogP contribution in [0.2, 0.25) is 0 Å². The molecule has 7 nitrogen and oxygen atoms in total. The lowest BCUT2D eigenvalue weighted by Crippen LogP contribution is -2.50. The Labute approximate surface area is 175 Å². The van der Waals surface area contributed by atoms with Gasteiger partial charge in [0.25, 0.3) is 5.91 Å². The molecule has 3 aromatic rings. The number of morpholine rings is 1. The van der Waals surface area contributed by atoms with Gasteiger partial charge in [-0.1, -0.05) is 36.4 Å². The van der Waals surface area contributed by atoms with E-state index in [1.54, 1.807) is 31.5 Å². The first-order valence-electron chi connectivity index (χ1n) is 9.77. The summed E-state index contributed by atoms with van der Waals surface area (Å²) in [6.45, 7) is 1.18. The first-order valence-corrected chi connectivity index (χ1v) is 9.77. The summed E-state index contributed by atoms with van der Waals surface area (Å²) >= 11 is 0. The molecule has 1 aliphatic heterocycles. The van der Waals surface area contributed by atoms with Gasteiger partial charge in [-0.15, -0.1) is 0 Å². The van der Waals surface area contributed by atoms with E-state index in [1.807, 2.05) is 47.4 Å². The summed E-state index contributed by atoms with van der Waals surface area (Å²) in [5, 5.41) is 0. The molecule has 154 valence electrons. The highest BCUT2D eigenvalue weighted by Gasteiger charge is 2.37. The van der Waals surface area contributed by atoms with Gasteiger partial charge in [-0.05, 0) is 17.7 Å². The van der Waals surface area contributed by atoms with Crippen molar-refractivity contribution in [2.75, 3.05) is 26.9 Å². The summed E-state index contributed by atoms with van der Waals surface area (Å²) in [7, 11) is 1.55. The van der Waals surface area contributed by atoms with Crippen LogP contribution in [0.4, 0.5) is 0 Å². The Balaban J connectivity index is 1.59. The number of hydrogen-bond acceptors (Lipinski definition) is 6. The Morgan fingerprint density at radius 3 is 2.60 bits per heavy atom. The zero-order valence-corrected chi connectivity index (χ0v) is 16.7. The highest BCUT2D eigenvalue weighted by molar-refractivity contribution is 5.94. The average molecular weight is 405 g/mol. The molecule has 0 bridgehead atoms. The highest BCUT2D eigenvalue weighted by atomic mass is 16.5. The van der Waals surface area contributed by atoms with E-state index in [2.05, 4.69) is 9.97 Å². The number of carbonyl (C=O) groups is 1. The monoisotopic (exact) mass is 405 g/mol. The van der Waals surface area contributed by atoms with Gasteiger partial charge in [0.05, 0.1) is 25.3 Å². The minimum Gasteiger partial charge on any atom is -0.481 e. The number of carbonyl (C=O) groups excluding carboxylic acids is 1. The van der Waals surface area contributed by atoms with Crippen LogP contribution < -0.4 is 9.47 Å². The molecule has 0 N–H and O–H groups in total. The van der Waals surface area contributed by atoms with Gasteiger partial charge in [-0.3, -0.25) is 4.79 Å². The highest BCUT2D eigenvalue weighted by Crippen LogP contribution is 2.31. The number of aromatic nitrogens is 2. The molecule has 1 fully saturated rings. The van der Waals surface area contributed by atoms with E-state index in [1.165, 1.54) is 6.20 Å². The molecule has 7 heteroatoms. The third-order valence-corrected chi connectivity index (χ3v) is 4.98. The van der Waals surface area contributed by atoms with Crippen LogP contribution in [0.25, 0.3) is 0 Å². The Kier molecular flexibility index (Phi) is 6.20. The third kappa shape index (κ3) is 4.41. The van der Waals surface area contributed by atoms with Crippen LogP contribution in [0.15, 0.2) is 73.1 Å². The normalized spacial score (nSPS) is 18.6.